The topological polar surface area (TPSA) is 88.5 Å². The zero-order valence-electron chi connectivity index (χ0n) is 19.5. The van der Waals surface area contributed by atoms with Crippen LogP contribution in [0.25, 0.3) is 10.8 Å². The van der Waals surface area contributed by atoms with Crippen LogP contribution in [0, 0.1) is 0 Å². The van der Waals surface area contributed by atoms with Crippen LogP contribution in [-0.4, -0.2) is 81.4 Å². The van der Waals surface area contributed by atoms with Gasteiger partial charge in [0.2, 0.25) is 10.0 Å². The summed E-state index contributed by atoms with van der Waals surface area (Å²) in [6.07, 6.45) is 0.0871. The molecule has 3 aromatic carbocycles. The normalized spacial score (nSPS) is 18.2. The van der Waals surface area contributed by atoms with Crippen LogP contribution in [0.5, 0.6) is 17.2 Å². The number of aliphatic hydroxyl groups is 1. The van der Waals surface area contributed by atoms with Gasteiger partial charge in [-0.3, -0.25) is 4.90 Å². The van der Waals surface area contributed by atoms with Gasteiger partial charge in [0.05, 0.1) is 18.1 Å². The van der Waals surface area contributed by atoms with E-state index in [0.29, 0.717) is 63.2 Å². The van der Waals surface area contributed by atoms with Crippen LogP contribution in [0.15, 0.2) is 65.6 Å². The summed E-state index contributed by atoms with van der Waals surface area (Å²) in [6.45, 7) is 3.44. The first-order chi connectivity index (χ1) is 17.0. The third kappa shape index (κ3) is 5.54. The van der Waals surface area contributed by atoms with Crippen molar-refractivity contribution in [2.75, 3.05) is 52.5 Å². The third-order valence-corrected chi connectivity index (χ3v) is 8.21. The van der Waals surface area contributed by atoms with Gasteiger partial charge >= 0.3 is 0 Å². The molecule has 9 heteroatoms. The maximum Gasteiger partial charge on any atom is 0.243 e. The van der Waals surface area contributed by atoms with Gasteiger partial charge in [-0.25, -0.2) is 8.42 Å². The summed E-state index contributed by atoms with van der Waals surface area (Å²) < 4.78 is 44.9. The Kier molecular flexibility index (Phi) is 7.10. The first-order valence-corrected chi connectivity index (χ1v) is 13.3. The highest BCUT2D eigenvalue weighted by atomic mass is 32.2. The molecule has 0 aliphatic carbocycles. The van der Waals surface area contributed by atoms with Gasteiger partial charge < -0.3 is 19.3 Å². The zero-order valence-corrected chi connectivity index (χ0v) is 20.3. The Morgan fingerprint density at radius 2 is 1.63 bits per heavy atom. The van der Waals surface area contributed by atoms with Crippen molar-refractivity contribution in [3.05, 3.63) is 60.7 Å². The molecular formula is C26H30N2O6S. The molecule has 2 aliphatic rings. The number of β-amino-alcohol motifs (C(OH)–C–C–N with tert-alkyl or cyclic N) is 1. The molecule has 3 aromatic rings. The summed E-state index contributed by atoms with van der Waals surface area (Å²) in [5.41, 5.74) is 0. The SMILES string of the molecule is O=S(=O)(c1ccc2c(c1)OCCCO2)N1CCN(C[C@@H](O)COc2ccc3ccccc3c2)CC1. The second-order valence-corrected chi connectivity index (χ2v) is 10.8. The van der Waals surface area contributed by atoms with E-state index in [1.165, 1.54) is 4.31 Å². The minimum Gasteiger partial charge on any atom is -0.491 e. The van der Waals surface area contributed by atoms with E-state index in [9.17, 15) is 13.5 Å². The Hall–Kier alpha value is -2.85. The smallest absolute Gasteiger partial charge is 0.243 e. The fourth-order valence-electron chi connectivity index (χ4n) is 4.41. The Labute approximate surface area is 205 Å². The van der Waals surface area contributed by atoms with Crippen LogP contribution < -0.4 is 14.2 Å². The lowest BCUT2D eigenvalue weighted by atomic mass is 10.1. The Morgan fingerprint density at radius 1 is 0.886 bits per heavy atom. The fourth-order valence-corrected chi connectivity index (χ4v) is 5.84. The van der Waals surface area contributed by atoms with Crippen molar-refractivity contribution >= 4 is 20.8 Å². The molecule has 1 atom stereocenters. The highest BCUT2D eigenvalue weighted by Gasteiger charge is 2.30. The van der Waals surface area contributed by atoms with Crippen molar-refractivity contribution in [3.63, 3.8) is 0 Å². The number of piperazine rings is 1. The number of sulfonamides is 1. The summed E-state index contributed by atoms with van der Waals surface area (Å²) in [5.74, 6) is 1.76. The van der Waals surface area contributed by atoms with Crippen LogP contribution >= 0.6 is 0 Å². The summed E-state index contributed by atoms with van der Waals surface area (Å²) in [4.78, 5) is 2.27. The monoisotopic (exact) mass is 498 g/mol. The van der Waals surface area contributed by atoms with Crippen LogP contribution in [0.2, 0.25) is 0 Å². The number of ether oxygens (including phenoxy) is 3. The van der Waals surface area contributed by atoms with E-state index in [4.69, 9.17) is 14.2 Å². The van der Waals surface area contributed by atoms with Gasteiger partial charge in [-0.05, 0) is 35.0 Å². The molecule has 0 amide bonds. The van der Waals surface area contributed by atoms with Gasteiger partial charge in [-0.2, -0.15) is 4.31 Å². The molecule has 8 nitrogen and oxygen atoms in total. The molecule has 0 spiro atoms. The third-order valence-electron chi connectivity index (χ3n) is 6.32. The Bertz CT molecular complexity index is 1270. The lowest BCUT2D eigenvalue weighted by molar-refractivity contribution is 0.0569. The highest BCUT2D eigenvalue weighted by Crippen LogP contribution is 2.33. The lowest BCUT2D eigenvalue weighted by Gasteiger charge is -2.34. The van der Waals surface area contributed by atoms with E-state index < -0.39 is 16.1 Å². The fraction of sp³-hybridized carbons (Fsp3) is 0.385. The maximum absolute atomic E-state index is 13.2. The van der Waals surface area contributed by atoms with Crippen molar-refractivity contribution in [2.45, 2.75) is 17.4 Å². The molecule has 0 radical (unpaired) electrons. The quantitative estimate of drug-likeness (QED) is 0.536. The Balaban J connectivity index is 1.13. The molecule has 1 saturated heterocycles. The van der Waals surface area contributed by atoms with Gasteiger partial charge in [-0.15, -0.1) is 0 Å². The van der Waals surface area contributed by atoms with Crippen LogP contribution in [0.4, 0.5) is 0 Å². The summed E-state index contributed by atoms with van der Waals surface area (Å²) >= 11 is 0. The molecule has 2 aliphatic heterocycles. The minimum absolute atomic E-state index is 0.175. The molecular weight excluding hydrogens is 468 g/mol. The van der Waals surface area contributed by atoms with E-state index >= 15 is 0 Å². The van der Waals surface area contributed by atoms with Crippen molar-refractivity contribution in [1.29, 1.82) is 0 Å². The maximum atomic E-state index is 13.2. The average molecular weight is 499 g/mol. The summed E-state index contributed by atoms with van der Waals surface area (Å²) in [7, 11) is -3.64. The molecule has 0 bridgehead atoms. The molecule has 35 heavy (non-hydrogen) atoms. The van der Waals surface area contributed by atoms with Crippen molar-refractivity contribution in [3.8, 4) is 17.2 Å². The van der Waals surface area contributed by atoms with Gasteiger partial charge in [-0.1, -0.05) is 30.3 Å². The number of rotatable bonds is 7. The number of benzene rings is 3. The Morgan fingerprint density at radius 3 is 2.43 bits per heavy atom. The van der Waals surface area contributed by atoms with Gasteiger partial charge in [0, 0.05) is 45.2 Å². The summed E-state index contributed by atoms with van der Waals surface area (Å²) in [5, 5.41) is 12.7. The molecule has 186 valence electrons. The molecule has 0 saturated carbocycles. The average Bonchev–Trinajstić information content (AvgIpc) is 3.13. The van der Waals surface area contributed by atoms with E-state index in [2.05, 4.69) is 4.90 Å². The minimum atomic E-state index is -3.64. The molecule has 0 unspecified atom stereocenters. The number of aliphatic hydroxyl groups excluding tert-OH is 1. The second kappa shape index (κ2) is 10.4. The number of hydrogen-bond acceptors (Lipinski definition) is 7. The van der Waals surface area contributed by atoms with E-state index in [-0.39, 0.29) is 11.5 Å². The number of hydrogen-bond donors (Lipinski definition) is 1. The lowest BCUT2D eigenvalue weighted by Crippen LogP contribution is -2.50. The number of nitrogens with zero attached hydrogens (tertiary/aromatic N) is 2. The van der Waals surface area contributed by atoms with E-state index in [0.717, 1.165) is 17.2 Å². The molecule has 1 fully saturated rings. The van der Waals surface area contributed by atoms with E-state index in [1.54, 1.807) is 18.2 Å². The molecule has 1 N–H and O–H groups in total. The van der Waals surface area contributed by atoms with Crippen molar-refractivity contribution in [1.82, 2.24) is 9.21 Å². The standard InChI is InChI=1S/C26H30N2O6S/c29-22(19-34-23-7-6-20-4-1-2-5-21(20)16-23)18-27-10-12-28(13-11-27)35(30,31)24-8-9-25-26(17-24)33-15-3-14-32-25/h1-2,4-9,16-17,22,29H,3,10-15,18-19H2/t22-/m1/s1. The van der Waals surface area contributed by atoms with Crippen LogP contribution in [-0.2, 0) is 10.0 Å². The van der Waals surface area contributed by atoms with Gasteiger partial charge in [0.15, 0.2) is 11.5 Å². The van der Waals surface area contributed by atoms with Gasteiger partial charge in [0.1, 0.15) is 18.5 Å². The molecule has 5 rings (SSSR count). The first-order valence-electron chi connectivity index (χ1n) is 11.9. The molecule has 0 aromatic heterocycles. The zero-order chi connectivity index (χ0) is 24.3. The highest BCUT2D eigenvalue weighted by molar-refractivity contribution is 7.89. The second-order valence-electron chi connectivity index (χ2n) is 8.84. The number of fused-ring (bicyclic) bond motifs is 2. The van der Waals surface area contributed by atoms with Crippen LogP contribution in [0.1, 0.15) is 6.42 Å². The predicted molar refractivity (Wildman–Crippen MR) is 133 cm³/mol. The largest absolute Gasteiger partial charge is 0.491 e. The van der Waals surface area contributed by atoms with E-state index in [1.807, 2.05) is 42.5 Å². The van der Waals surface area contributed by atoms with Gasteiger partial charge in [0.25, 0.3) is 0 Å². The predicted octanol–water partition coefficient (Wildman–Crippen LogP) is 2.75. The van der Waals surface area contributed by atoms with Crippen molar-refractivity contribution < 1.29 is 27.7 Å². The summed E-state index contributed by atoms with van der Waals surface area (Å²) in [6, 6.07) is 18.7. The molecule has 2 heterocycles. The van der Waals surface area contributed by atoms with Crippen molar-refractivity contribution in [2.24, 2.45) is 0 Å². The van der Waals surface area contributed by atoms with Crippen LogP contribution in [0.3, 0.4) is 0 Å². The first kappa shape index (κ1) is 23.9.